The first-order chi connectivity index (χ1) is 10.1. The molecule has 0 bridgehead atoms. The van der Waals surface area contributed by atoms with Crippen molar-refractivity contribution in [2.24, 2.45) is 0 Å². The summed E-state index contributed by atoms with van der Waals surface area (Å²) >= 11 is 3.46. The van der Waals surface area contributed by atoms with Crippen LogP contribution in [0.4, 0.5) is 0 Å². The zero-order valence-corrected chi connectivity index (χ0v) is 13.5. The van der Waals surface area contributed by atoms with Crippen molar-refractivity contribution >= 4 is 26.8 Å². The largest absolute Gasteiger partial charge is 0.382 e. The molecule has 5 heteroatoms. The quantitative estimate of drug-likeness (QED) is 0.788. The summed E-state index contributed by atoms with van der Waals surface area (Å²) in [5.41, 5.74) is 3.54. The van der Waals surface area contributed by atoms with E-state index in [1.807, 2.05) is 44.2 Å². The average molecular weight is 346 g/mol. The normalized spacial score (nSPS) is 12.8. The van der Waals surface area contributed by atoms with Gasteiger partial charge in [0.2, 0.25) is 0 Å². The summed E-state index contributed by atoms with van der Waals surface area (Å²) in [7, 11) is 0. The molecule has 0 aliphatic heterocycles. The molecule has 2 aromatic heterocycles. The second kappa shape index (κ2) is 5.58. The van der Waals surface area contributed by atoms with Crippen LogP contribution in [0, 0.1) is 6.92 Å². The zero-order valence-electron chi connectivity index (χ0n) is 11.9. The maximum absolute atomic E-state index is 10.7. The van der Waals surface area contributed by atoms with E-state index in [2.05, 4.69) is 26.0 Å². The second-order valence-corrected chi connectivity index (χ2v) is 5.86. The lowest BCUT2D eigenvalue weighted by atomic mass is 10.0. The van der Waals surface area contributed by atoms with Gasteiger partial charge in [0.05, 0.1) is 21.9 Å². The molecule has 0 aliphatic rings. The van der Waals surface area contributed by atoms with E-state index in [-0.39, 0.29) is 0 Å². The Labute approximate surface area is 131 Å². The number of aromatic nitrogens is 3. The van der Waals surface area contributed by atoms with Crippen LogP contribution < -0.4 is 0 Å². The van der Waals surface area contributed by atoms with E-state index >= 15 is 0 Å². The maximum Gasteiger partial charge on any atom is 0.122 e. The van der Waals surface area contributed by atoms with Crippen LogP contribution in [-0.2, 0) is 6.54 Å². The minimum atomic E-state index is -0.715. The number of nitrogens with zero attached hydrogens (tertiary/aromatic N) is 3. The molecule has 2 heterocycles. The third-order valence-corrected chi connectivity index (χ3v) is 4.17. The first-order valence-electron chi connectivity index (χ1n) is 6.86. The molecule has 108 valence electrons. The molecule has 3 rings (SSSR count). The molecule has 1 aromatic carbocycles. The van der Waals surface area contributed by atoms with Crippen LogP contribution in [0.15, 0.2) is 41.0 Å². The van der Waals surface area contributed by atoms with Crippen molar-refractivity contribution in [2.45, 2.75) is 26.5 Å². The van der Waals surface area contributed by atoms with Gasteiger partial charge in [0.25, 0.3) is 0 Å². The topological polar surface area (TPSA) is 50.9 Å². The molecular formula is C16H16BrN3O. The lowest BCUT2D eigenvalue weighted by molar-refractivity contribution is 0.207. The summed E-state index contributed by atoms with van der Waals surface area (Å²) in [4.78, 5) is 4.48. The lowest BCUT2D eigenvalue weighted by Gasteiger charge is -2.14. The Kier molecular flexibility index (Phi) is 3.78. The second-order valence-electron chi connectivity index (χ2n) is 5.00. The van der Waals surface area contributed by atoms with Gasteiger partial charge in [0.1, 0.15) is 6.10 Å². The highest BCUT2D eigenvalue weighted by atomic mass is 79.9. The highest BCUT2D eigenvalue weighted by Gasteiger charge is 2.19. The predicted molar refractivity (Wildman–Crippen MR) is 86.1 cm³/mol. The van der Waals surface area contributed by atoms with E-state index in [1.54, 1.807) is 10.9 Å². The number of aryl methyl sites for hydroxylation is 2. The van der Waals surface area contributed by atoms with Crippen LogP contribution in [0.25, 0.3) is 10.9 Å². The number of hydrogen-bond acceptors (Lipinski definition) is 3. The molecular weight excluding hydrogens is 330 g/mol. The van der Waals surface area contributed by atoms with Crippen molar-refractivity contribution in [3.8, 4) is 0 Å². The van der Waals surface area contributed by atoms with Crippen molar-refractivity contribution in [3.63, 3.8) is 0 Å². The summed E-state index contributed by atoms with van der Waals surface area (Å²) in [6, 6.07) is 9.84. The number of rotatable bonds is 3. The first-order valence-corrected chi connectivity index (χ1v) is 7.66. The standard InChI is InChI=1S/C16H16BrN3O/c1-3-20-15(13(17)9-18-20)16(21)12-6-7-14-11(8-12)5-4-10(2)19-14/h4-9,16,21H,3H2,1-2H3. The third kappa shape index (κ3) is 2.59. The van der Waals surface area contributed by atoms with Crippen LogP contribution in [0.1, 0.15) is 30.0 Å². The molecule has 0 spiro atoms. The predicted octanol–water partition coefficient (Wildman–Crippen LogP) is 3.60. The van der Waals surface area contributed by atoms with Gasteiger partial charge in [-0.25, -0.2) is 0 Å². The SMILES string of the molecule is CCn1ncc(Br)c1C(O)c1ccc2nc(C)ccc2c1. The molecule has 0 radical (unpaired) electrons. The molecule has 1 N–H and O–H groups in total. The Morgan fingerprint density at radius 2 is 2.10 bits per heavy atom. The Balaban J connectivity index is 2.07. The van der Waals surface area contributed by atoms with E-state index in [0.717, 1.165) is 32.3 Å². The molecule has 1 atom stereocenters. The van der Waals surface area contributed by atoms with Gasteiger partial charge in [-0.05, 0) is 53.5 Å². The molecule has 0 aliphatic carbocycles. The summed E-state index contributed by atoms with van der Waals surface area (Å²) in [5.74, 6) is 0. The number of aliphatic hydroxyl groups is 1. The Bertz CT molecular complexity index is 797. The zero-order chi connectivity index (χ0) is 15.0. The fourth-order valence-corrected chi connectivity index (χ4v) is 2.98. The summed E-state index contributed by atoms with van der Waals surface area (Å²) in [5, 5.41) is 16.0. The van der Waals surface area contributed by atoms with Crippen molar-refractivity contribution in [1.82, 2.24) is 14.8 Å². The van der Waals surface area contributed by atoms with Gasteiger partial charge in [-0.1, -0.05) is 12.1 Å². The van der Waals surface area contributed by atoms with Gasteiger partial charge in [-0.15, -0.1) is 0 Å². The van der Waals surface area contributed by atoms with E-state index in [1.165, 1.54) is 0 Å². The van der Waals surface area contributed by atoms with Crippen molar-refractivity contribution in [3.05, 3.63) is 58.0 Å². The Morgan fingerprint density at radius 3 is 2.86 bits per heavy atom. The van der Waals surface area contributed by atoms with Crippen LogP contribution in [0.3, 0.4) is 0 Å². The fourth-order valence-electron chi connectivity index (χ4n) is 2.47. The van der Waals surface area contributed by atoms with Gasteiger partial charge in [0, 0.05) is 17.6 Å². The lowest BCUT2D eigenvalue weighted by Crippen LogP contribution is -2.09. The summed E-state index contributed by atoms with van der Waals surface area (Å²) in [6.07, 6.45) is 1.00. The number of hydrogen-bond donors (Lipinski definition) is 1. The molecule has 0 saturated carbocycles. The number of pyridine rings is 1. The number of halogens is 1. The minimum absolute atomic E-state index is 0.715. The third-order valence-electron chi connectivity index (χ3n) is 3.56. The van der Waals surface area contributed by atoms with Gasteiger partial charge in [-0.3, -0.25) is 9.67 Å². The molecule has 3 aromatic rings. The van der Waals surface area contributed by atoms with E-state index in [9.17, 15) is 5.11 Å². The molecule has 4 nitrogen and oxygen atoms in total. The molecule has 0 fully saturated rings. The molecule has 0 amide bonds. The number of benzene rings is 1. The van der Waals surface area contributed by atoms with Crippen LogP contribution in [-0.4, -0.2) is 19.9 Å². The summed E-state index contributed by atoms with van der Waals surface area (Å²) in [6.45, 7) is 4.69. The van der Waals surface area contributed by atoms with Crippen molar-refractivity contribution in [1.29, 1.82) is 0 Å². The molecule has 1 unspecified atom stereocenters. The molecule has 21 heavy (non-hydrogen) atoms. The van der Waals surface area contributed by atoms with Crippen LogP contribution in [0.2, 0.25) is 0 Å². The Hall–Kier alpha value is -1.72. The number of aliphatic hydroxyl groups excluding tert-OH is 1. The smallest absolute Gasteiger partial charge is 0.122 e. The highest BCUT2D eigenvalue weighted by Crippen LogP contribution is 2.30. The Morgan fingerprint density at radius 1 is 1.29 bits per heavy atom. The van der Waals surface area contributed by atoms with Gasteiger partial charge >= 0.3 is 0 Å². The van der Waals surface area contributed by atoms with Crippen molar-refractivity contribution in [2.75, 3.05) is 0 Å². The van der Waals surface area contributed by atoms with Gasteiger partial charge in [0.15, 0.2) is 0 Å². The first kappa shape index (κ1) is 14.2. The fraction of sp³-hybridized carbons (Fsp3) is 0.250. The average Bonchev–Trinajstić information content (AvgIpc) is 2.86. The monoisotopic (exact) mass is 345 g/mol. The molecule has 0 saturated heterocycles. The minimum Gasteiger partial charge on any atom is -0.382 e. The maximum atomic E-state index is 10.7. The van der Waals surface area contributed by atoms with Crippen LogP contribution in [0.5, 0.6) is 0 Å². The van der Waals surface area contributed by atoms with Gasteiger partial charge in [-0.2, -0.15) is 5.10 Å². The van der Waals surface area contributed by atoms with E-state index in [0.29, 0.717) is 6.54 Å². The van der Waals surface area contributed by atoms with E-state index < -0.39 is 6.10 Å². The summed E-state index contributed by atoms with van der Waals surface area (Å²) < 4.78 is 2.62. The van der Waals surface area contributed by atoms with Crippen LogP contribution >= 0.6 is 15.9 Å². The highest BCUT2D eigenvalue weighted by molar-refractivity contribution is 9.10. The van der Waals surface area contributed by atoms with E-state index in [4.69, 9.17) is 0 Å². The van der Waals surface area contributed by atoms with Gasteiger partial charge < -0.3 is 5.11 Å². The number of fused-ring (bicyclic) bond motifs is 1. The van der Waals surface area contributed by atoms with Crippen molar-refractivity contribution < 1.29 is 5.11 Å².